The van der Waals surface area contributed by atoms with Crippen molar-refractivity contribution >= 4 is 5.84 Å². The predicted molar refractivity (Wildman–Crippen MR) is 74.6 cm³/mol. The van der Waals surface area contributed by atoms with Crippen molar-refractivity contribution in [3.05, 3.63) is 60.2 Å². The van der Waals surface area contributed by atoms with E-state index in [-0.39, 0.29) is 0 Å². The molecule has 106 valence electrons. The lowest BCUT2D eigenvalue weighted by Gasteiger charge is -1.99. The van der Waals surface area contributed by atoms with E-state index in [0.29, 0.717) is 18.1 Å². The maximum atomic E-state index is 4.82. The molecule has 0 aliphatic carbocycles. The number of nitrogens with zero attached hydrogens (tertiary/aromatic N) is 6. The second-order valence-corrected chi connectivity index (χ2v) is 4.21. The van der Waals surface area contributed by atoms with Gasteiger partial charge in [0.1, 0.15) is 25.6 Å². The minimum Gasteiger partial charge on any atom is -0.397 e. The summed E-state index contributed by atoms with van der Waals surface area (Å²) in [5, 5.41) is 14.9. The molecule has 3 rings (SSSR count). The zero-order chi connectivity index (χ0) is 14.5. The van der Waals surface area contributed by atoms with Gasteiger partial charge in [-0.1, -0.05) is 35.5 Å². The van der Waals surface area contributed by atoms with Crippen molar-refractivity contribution in [3.8, 4) is 0 Å². The Morgan fingerprint density at radius 3 is 2.90 bits per heavy atom. The van der Waals surface area contributed by atoms with Crippen LogP contribution < -0.4 is 0 Å². The monoisotopic (exact) mass is 283 g/mol. The molecule has 0 aliphatic heterocycles. The maximum Gasteiger partial charge on any atom is 0.241 e. The first-order valence-electron chi connectivity index (χ1n) is 6.28. The van der Waals surface area contributed by atoms with Gasteiger partial charge in [-0.2, -0.15) is 9.78 Å². The zero-order valence-corrected chi connectivity index (χ0v) is 11.3. The van der Waals surface area contributed by atoms with Crippen molar-refractivity contribution < 1.29 is 4.84 Å². The molecule has 0 fully saturated rings. The van der Waals surface area contributed by atoms with Crippen molar-refractivity contribution in [1.82, 2.24) is 29.9 Å². The summed E-state index contributed by atoms with van der Waals surface area (Å²) >= 11 is 0. The molecule has 8 nitrogen and oxygen atoms in total. The fraction of sp³-hybridized carbons (Fsp3) is 0.154. The summed E-state index contributed by atoms with van der Waals surface area (Å²) in [6.45, 7) is 0. The normalized spacial score (nSPS) is 11.6. The smallest absolute Gasteiger partial charge is 0.241 e. The largest absolute Gasteiger partial charge is 0.397 e. The van der Waals surface area contributed by atoms with Gasteiger partial charge in [0.15, 0.2) is 0 Å². The van der Waals surface area contributed by atoms with Gasteiger partial charge in [-0.3, -0.25) is 5.10 Å². The highest BCUT2D eigenvalue weighted by atomic mass is 16.6. The van der Waals surface area contributed by atoms with E-state index in [4.69, 9.17) is 4.84 Å². The summed E-state index contributed by atoms with van der Waals surface area (Å²) < 4.78 is 1.44. The van der Waals surface area contributed by atoms with E-state index in [9.17, 15) is 0 Å². The van der Waals surface area contributed by atoms with Crippen LogP contribution >= 0.6 is 0 Å². The van der Waals surface area contributed by atoms with Crippen LogP contribution in [0.15, 0.2) is 48.1 Å². The summed E-state index contributed by atoms with van der Waals surface area (Å²) in [6.07, 6.45) is 3.57. The van der Waals surface area contributed by atoms with E-state index in [1.54, 1.807) is 0 Å². The molecule has 3 aromatic rings. The second-order valence-electron chi connectivity index (χ2n) is 4.21. The van der Waals surface area contributed by atoms with Crippen LogP contribution in [0.5, 0.6) is 0 Å². The number of aromatic amines is 1. The molecule has 21 heavy (non-hydrogen) atoms. The highest BCUT2D eigenvalue weighted by Crippen LogP contribution is 2.06. The average Bonchev–Trinajstić information content (AvgIpc) is 3.17. The molecule has 0 atom stereocenters. The van der Waals surface area contributed by atoms with E-state index in [1.165, 1.54) is 24.4 Å². The Morgan fingerprint density at radius 1 is 1.33 bits per heavy atom. The van der Waals surface area contributed by atoms with E-state index in [0.717, 1.165) is 11.4 Å². The fourth-order valence-electron chi connectivity index (χ4n) is 1.85. The zero-order valence-electron chi connectivity index (χ0n) is 11.3. The quantitative estimate of drug-likeness (QED) is 0.435. The third kappa shape index (κ3) is 2.94. The van der Waals surface area contributed by atoms with Crippen LogP contribution in [0.1, 0.15) is 17.2 Å². The van der Waals surface area contributed by atoms with Crippen LogP contribution in [-0.4, -0.2) is 42.9 Å². The first kappa shape index (κ1) is 13.0. The minimum absolute atomic E-state index is 0.366. The Hall–Kier alpha value is -3.03. The van der Waals surface area contributed by atoms with Gasteiger partial charge in [0, 0.05) is 6.42 Å². The molecule has 0 spiro atoms. The molecule has 0 unspecified atom stereocenters. The van der Waals surface area contributed by atoms with Crippen LogP contribution in [0.2, 0.25) is 0 Å². The van der Waals surface area contributed by atoms with Crippen molar-refractivity contribution in [3.63, 3.8) is 0 Å². The van der Waals surface area contributed by atoms with Crippen molar-refractivity contribution in [2.45, 2.75) is 6.42 Å². The van der Waals surface area contributed by atoms with Gasteiger partial charge >= 0.3 is 0 Å². The number of aromatic nitrogens is 6. The SMILES string of the molecule is CON=C(c1n[nH]c(Cc2ccccc2)n1)n1cncn1. The molecule has 2 heterocycles. The van der Waals surface area contributed by atoms with Gasteiger partial charge in [-0.05, 0) is 5.56 Å². The van der Waals surface area contributed by atoms with Crippen molar-refractivity contribution in [2.24, 2.45) is 5.16 Å². The Bertz CT molecular complexity index is 718. The van der Waals surface area contributed by atoms with Gasteiger partial charge < -0.3 is 4.84 Å². The summed E-state index contributed by atoms with van der Waals surface area (Å²) in [6, 6.07) is 10.0. The molecule has 2 aromatic heterocycles. The number of oxime groups is 1. The molecular formula is C13H13N7O. The molecule has 0 aliphatic rings. The highest BCUT2D eigenvalue weighted by molar-refractivity contribution is 5.95. The number of hydrogen-bond donors (Lipinski definition) is 1. The third-order valence-corrected chi connectivity index (χ3v) is 2.76. The number of nitrogens with one attached hydrogen (secondary N) is 1. The van der Waals surface area contributed by atoms with Crippen LogP contribution in [-0.2, 0) is 11.3 Å². The standard InChI is InChI=1S/C13H13N7O/c1-21-19-13(20-9-14-8-15-20)12-16-11(17-18-12)7-10-5-3-2-4-6-10/h2-6,8-9H,7H2,1H3,(H,16,17,18). The molecule has 1 aromatic carbocycles. The molecule has 0 radical (unpaired) electrons. The first-order chi connectivity index (χ1) is 10.4. The van der Waals surface area contributed by atoms with Gasteiger partial charge in [0.2, 0.25) is 11.7 Å². The molecule has 0 saturated heterocycles. The highest BCUT2D eigenvalue weighted by Gasteiger charge is 2.14. The summed E-state index contributed by atoms with van der Waals surface area (Å²) in [7, 11) is 1.45. The summed E-state index contributed by atoms with van der Waals surface area (Å²) in [5.74, 6) is 1.50. The van der Waals surface area contributed by atoms with Crippen molar-refractivity contribution in [2.75, 3.05) is 7.11 Å². The molecular weight excluding hydrogens is 270 g/mol. The van der Waals surface area contributed by atoms with Gasteiger partial charge in [0.25, 0.3) is 0 Å². The maximum absolute atomic E-state index is 4.82. The number of hydrogen-bond acceptors (Lipinski definition) is 6. The summed E-state index contributed by atoms with van der Waals surface area (Å²) in [5.41, 5.74) is 1.14. The first-order valence-corrected chi connectivity index (χ1v) is 6.28. The van der Waals surface area contributed by atoms with Crippen LogP contribution in [0.3, 0.4) is 0 Å². The molecule has 0 bridgehead atoms. The fourth-order valence-corrected chi connectivity index (χ4v) is 1.85. The van der Waals surface area contributed by atoms with E-state index in [2.05, 4.69) is 30.4 Å². The van der Waals surface area contributed by atoms with Crippen LogP contribution in [0, 0.1) is 0 Å². The number of rotatable bonds is 4. The van der Waals surface area contributed by atoms with Crippen LogP contribution in [0.4, 0.5) is 0 Å². The van der Waals surface area contributed by atoms with E-state index >= 15 is 0 Å². The lowest BCUT2D eigenvalue weighted by atomic mass is 10.1. The number of H-pyrrole nitrogens is 1. The van der Waals surface area contributed by atoms with Gasteiger partial charge in [-0.15, -0.1) is 5.10 Å². The Kier molecular flexibility index (Phi) is 3.68. The third-order valence-electron chi connectivity index (χ3n) is 2.76. The lowest BCUT2D eigenvalue weighted by molar-refractivity contribution is 0.211. The molecule has 0 amide bonds. The Balaban J connectivity index is 1.85. The van der Waals surface area contributed by atoms with Crippen molar-refractivity contribution in [1.29, 1.82) is 0 Å². The Morgan fingerprint density at radius 2 is 2.19 bits per heavy atom. The van der Waals surface area contributed by atoms with Gasteiger partial charge in [-0.25, -0.2) is 9.97 Å². The topological polar surface area (TPSA) is 93.9 Å². The molecule has 0 saturated carbocycles. The van der Waals surface area contributed by atoms with Gasteiger partial charge in [0.05, 0.1) is 0 Å². The average molecular weight is 283 g/mol. The predicted octanol–water partition coefficient (Wildman–Crippen LogP) is 0.843. The minimum atomic E-state index is 0.366. The van der Waals surface area contributed by atoms with E-state index in [1.807, 2.05) is 30.3 Å². The lowest BCUT2D eigenvalue weighted by Crippen LogP contribution is -2.16. The van der Waals surface area contributed by atoms with E-state index < -0.39 is 0 Å². The summed E-state index contributed by atoms with van der Waals surface area (Å²) in [4.78, 5) is 13.1. The number of benzene rings is 1. The molecule has 1 N–H and O–H groups in total. The van der Waals surface area contributed by atoms with Crippen LogP contribution in [0.25, 0.3) is 0 Å². The molecule has 8 heteroatoms. The second kappa shape index (κ2) is 5.95. The Labute approximate surface area is 120 Å².